The molecule has 0 spiro atoms. The summed E-state index contributed by atoms with van der Waals surface area (Å²) >= 11 is 5.09. The van der Waals surface area contributed by atoms with Gasteiger partial charge in [-0.15, -0.1) is 10.2 Å². The van der Waals surface area contributed by atoms with E-state index >= 15 is 0 Å². The summed E-state index contributed by atoms with van der Waals surface area (Å²) in [5, 5.41) is 10.7. The molecule has 3 heterocycles. The molecule has 9 heteroatoms. The number of amides is 1. The average Bonchev–Trinajstić information content (AvgIpc) is 3.33. The quantitative estimate of drug-likeness (QED) is 0.128. The highest BCUT2D eigenvalue weighted by atomic mass is 79.9. The summed E-state index contributed by atoms with van der Waals surface area (Å²) in [7, 11) is 0. The van der Waals surface area contributed by atoms with Gasteiger partial charge >= 0.3 is 0 Å². The highest BCUT2D eigenvalue weighted by molar-refractivity contribution is 9.10. The number of hydrogen-bond donors (Lipinski definition) is 0. The Morgan fingerprint density at radius 1 is 0.905 bits per heavy atom. The number of fused-ring (bicyclic) bond motifs is 3. The molecule has 0 N–H and O–H groups in total. The molecule has 1 fully saturated rings. The molecule has 0 atom stereocenters. The lowest BCUT2D eigenvalue weighted by Gasteiger charge is -2.34. The first-order valence-electron chi connectivity index (χ1n) is 14.3. The van der Waals surface area contributed by atoms with Crippen LogP contribution < -0.4 is 0 Å². The van der Waals surface area contributed by atoms with Crippen LogP contribution in [0.4, 0.5) is 0 Å². The lowest BCUT2D eigenvalue weighted by molar-refractivity contribution is -0.132. The standard InChI is InChI=1S/C33H33BrN6OS/c34-27-16-14-26(15-17-27)24-40-29-12-5-4-11-28(29)31-32(40)35-33(37-36-31)42-23-7-13-30(41)39-21-19-38(20-22-39)18-6-10-25-8-2-1-3-9-25/h1-6,8-12,14-17H,7,13,18-24H2/b10-6+. The molecule has 0 unspecified atom stereocenters. The van der Waals surface area contributed by atoms with Crippen LogP contribution in [0.3, 0.4) is 0 Å². The third kappa shape index (κ3) is 6.91. The number of carbonyl (C=O) groups is 1. The molecule has 3 aromatic carbocycles. The molecular weight excluding hydrogens is 608 g/mol. The van der Waals surface area contributed by atoms with Crippen LogP contribution >= 0.6 is 27.7 Å². The maximum atomic E-state index is 12.9. The molecule has 6 rings (SSSR count). The molecule has 0 saturated carbocycles. The lowest BCUT2D eigenvalue weighted by Crippen LogP contribution is -2.48. The van der Waals surface area contributed by atoms with E-state index in [-0.39, 0.29) is 5.91 Å². The zero-order valence-corrected chi connectivity index (χ0v) is 25.8. The van der Waals surface area contributed by atoms with E-state index in [0.717, 1.165) is 71.4 Å². The van der Waals surface area contributed by atoms with Crippen molar-refractivity contribution in [2.24, 2.45) is 0 Å². The van der Waals surface area contributed by atoms with Crippen molar-refractivity contribution in [3.63, 3.8) is 0 Å². The number of halogens is 1. The number of carbonyl (C=O) groups excluding carboxylic acids is 1. The Morgan fingerprint density at radius 2 is 1.67 bits per heavy atom. The summed E-state index contributed by atoms with van der Waals surface area (Å²) in [5.41, 5.74) is 5.16. The number of piperazine rings is 1. The van der Waals surface area contributed by atoms with Crippen molar-refractivity contribution < 1.29 is 4.79 Å². The van der Waals surface area contributed by atoms with Gasteiger partial charge in [-0.1, -0.05) is 101 Å². The fourth-order valence-electron chi connectivity index (χ4n) is 5.31. The van der Waals surface area contributed by atoms with Gasteiger partial charge in [0.15, 0.2) is 5.65 Å². The number of thioether (sulfide) groups is 1. The Hall–Kier alpha value is -3.53. The van der Waals surface area contributed by atoms with Crippen LogP contribution in [-0.2, 0) is 11.3 Å². The summed E-state index contributed by atoms with van der Waals surface area (Å²) in [6.07, 6.45) is 5.69. The van der Waals surface area contributed by atoms with E-state index in [1.54, 1.807) is 11.8 Å². The number of nitrogens with zero attached hydrogens (tertiary/aromatic N) is 6. The molecule has 1 aliphatic rings. The van der Waals surface area contributed by atoms with E-state index in [1.807, 2.05) is 23.1 Å². The van der Waals surface area contributed by atoms with Crippen LogP contribution in [0.1, 0.15) is 24.0 Å². The van der Waals surface area contributed by atoms with Gasteiger partial charge in [-0.25, -0.2) is 4.98 Å². The second-order valence-corrected chi connectivity index (χ2v) is 12.4. The van der Waals surface area contributed by atoms with Gasteiger partial charge in [-0.05, 0) is 35.7 Å². The van der Waals surface area contributed by atoms with Crippen molar-refractivity contribution in [1.29, 1.82) is 0 Å². The normalized spacial score (nSPS) is 14.4. The number of benzene rings is 3. The fourth-order valence-corrected chi connectivity index (χ4v) is 6.29. The second kappa shape index (κ2) is 13.6. The van der Waals surface area contributed by atoms with E-state index < -0.39 is 0 Å². The Labute approximate surface area is 258 Å². The summed E-state index contributed by atoms with van der Waals surface area (Å²) in [6, 6.07) is 27.0. The van der Waals surface area contributed by atoms with Gasteiger partial charge in [0.25, 0.3) is 0 Å². The minimum absolute atomic E-state index is 0.235. The first-order valence-corrected chi connectivity index (χ1v) is 16.1. The minimum atomic E-state index is 0.235. The van der Waals surface area contributed by atoms with Crippen molar-refractivity contribution in [1.82, 2.24) is 29.5 Å². The van der Waals surface area contributed by atoms with Gasteiger partial charge in [0, 0.05) is 61.3 Å². The molecule has 7 nitrogen and oxygen atoms in total. The maximum Gasteiger partial charge on any atom is 0.222 e. The van der Waals surface area contributed by atoms with Crippen LogP contribution in [0, 0.1) is 0 Å². The lowest BCUT2D eigenvalue weighted by atomic mass is 10.2. The number of aromatic nitrogens is 4. The Bertz CT molecular complexity index is 1680. The van der Waals surface area contributed by atoms with Crippen molar-refractivity contribution in [2.75, 3.05) is 38.5 Å². The zero-order chi connectivity index (χ0) is 28.7. The molecule has 1 saturated heterocycles. The molecule has 1 amide bonds. The molecule has 0 aliphatic carbocycles. The molecule has 42 heavy (non-hydrogen) atoms. The molecule has 214 valence electrons. The van der Waals surface area contributed by atoms with Gasteiger partial charge in [0.1, 0.15) is 5.52 Å². The largest absolute Gasteiger partial charge is 0.340 e. The summed E-state index contributed by atoms with van der Waals surface area (Å²) in [6.45, 7) is 5.01. The van der Waals surface area contributed by atoms with Gasteiger partial charge in [0.2, 0.25) is 11.1 Å². The monoisotopic (exact) mass is 640 g/mol. The third-order valence-corrected chi connectivity index (χ3v) is 9.03. The predicted octanol–water partition coefficient (Wildman–Crippen LogP) is 6.52. The molecule has 2 aromatic heterocycles. The molecule has 0 radical (unpaired) electrons. The predicted molar refractivity (Wildman–Crippen MR) is 175 cm³/mol. The summed E-state index contributed by atoms with van der Waals surface area (Å²) in [4.78, 5) is 22.2. The minimum Gasteiger partial charge on any atom is -0.340 e. The average molecular weight is 642 g/mol. The summed E-state index contributed by atoms with van der Waals surface area (Å²) in [5.74, 6) is 1.01. The van der Waals surface area contributed by atoms with E-state index in [9.17, 15) is 4.79 Å². The van der Waals surface area contributed by atoms with Crippen LogP contribution in [0.5, 0.6) is 0 Å². The van der Waals surface area contributed by atoms with E-state index in [4.69, 9.17) is 4.98 Å². The van der Waals surface area contributed by atoms with Gasteiger partial charge in [0.05, 0.1) is 5.52 Å². The highest BCUT2D eigenvalue weighted by Gasteiger charge is 2.20. The van der Waals surface area contributed by atoms with Gasteiger partial charge in [-0.2, -0.15) is 0 Å². The van der Waals surface area contributed by atoms with Crippen molar-refractivity contribution in [3.8, 4) is 0 Å². The van der Waals surface area contributed by atoms with E-state index in [2.05, 4.69) is 108 Å². The maximum absolute atomic E-state index is 12.9. The molecule has 0 bridgehead atoms. The zero-order valence-electron chi connectivity index (χ0n) is 23.4. The second-order valence-electron chi connectivity index (χ2n) is 10.4. The SMILES string of the molecule is O=C(CCCSc1nnc2c3ccccc3n(Cc3ccc(Br)cc3)c2n1)N1CCN(C/C=C/c2ccccc2)CC1. The molecular formula is C33H33BrN6OS. The highest BCUT2D eigenvalue weighted by Crippen LogP contribution is 2.28. The molecule has 1 aliphatic heterocycles. The van der Waals surface area contributed by atoms with Crippen LogP contribution in [0.2, 0.25) is 0 Å². The van der Waals surface area contributed by atoms with Crippen LogP contribution in [0.15, 0.2) is 94.6 Å². The topological polar surface area (TPSA) is 67.2 Å². The Balaban J connectivity index is 1.01. The first-order chi connectivity index (χ1) is 20.6. The van der Waals surface area contributed by atoms with Gasteiger partial charge < -0.3 is 9.47 Å². The molecule has 5 aromatic rings. The third-order valence-electron chi connectivity index (χ3n) is 7.57. The summed E-state index contributed by atoms with van der Waals surface area (Å²) < 4.78 is 3.27. The van der Waals surface area contributed by atoms with Crippen LogP contribution in [0.25, 0.3) is 28.1 Å². The number of rotatable bonds is 10. The van der Waals surface area contributed by atoms with Crippen molar-refractivity contribution in [3.05, 3.63) is 101 Å². The fraction of sp³-hybridized carbons (Fsp3) is 0.273. The van der Waals surface area contributed by atoms with E-state index in [0.29, 0.717) is 18.1 Å². The number of hydrogen-bond acceptors (Lipinski definition) is 6. The Morgan fingerprint density at radius 3 is 2.48 bits per heavy atom. The van der Waals surface area contributed by atoms with E-state index in [1.165, 1.54) is 11.1 Å². The van der Waals surface area contributed by atoms with Crippen molar-refractivity contribution in [2.45, 2.75) is 24.5 Å². The number of para-hydroxylation sites is 1. The Kier molecular flexibility index (Phi) is 9.28. The van der Waals surface area contributed by atoms with Crippen LogP contribution in [-0.4, -0.2) is 73.9 Å². The van der Waals surface area contributed by atoms with Gasteiger partial charge in [-0.3, -0.25) is 9.69 Å². The first kappa shape index (κ1) is 28.6. The van der Waals surface area contributed by atoms with Crippen molar-refractivity contribution >= 4 is 61.7 Å². The smallest absolute Gasteiger partial charge is 0.222 e.